The number of hydrogen-bond acceptors (Lipinski definition) is 5. The van der Waals surface area contributed by atoms with Gasteiger partial charge in [0, 0.05) is 24.7 Å². The fourth-order valence-corrected chi connectivity index (χ4v) is 3.09. The minimum Gasteiger partial charge on any atom is -0.496 e. The van der Waals surface area contributed by atoms with Gasteiger partial charge >= 0.3 is 0 Å². The Hall–Kier alpha value is -2.03. The van der Waals surface area contributed by atoms with E-state index in [4.69, 9.17) is 9.15 Å². The second kappa shape index (κ2) is 7.69. The average Bonchev–Trinajstić information content (AvgIpc) is 3.26. The summed E-state index contributed by atoms with van der Waals surface area (Å²) in [6, 6.07) is 9.01. The van der Waals surface area contributed by atoms with Gasteiger partial charge in [0.25, 0.3) is 5.91 Å². The highest BCUT2D eigenvalue weighted by molar-refractivity contribution is 14.1. The average molecular weight is 439 g/mol. The summed E-state index contributed by atoms with van der Waals surface area (Å²) in [5.41, 5.74) is 2.98. The van der Waals surface area contributed by atoms with Crippen LogP contribution in [0.5, 0.6) is 5.75 Å². The molecular weight excluding hydrogens is 421 g/mol. The van der Waals surface area contributed by atoms with E-state index in [2.05, 4.69) is 38.0 Å². The maximum Gasteiger partial charge on any atom is 0.271 e. The summed E-state index contributed by atoms with van der Waals surface area (Å²) in [4.78, 5) is 14.3. The topological polar surface area (TPSA) is 67.1 Å². The third-order valence-electron chi connectivity index (χ3n) is 3.80. The molecule has 1 aliphatic rings. The van der Waals surface area contributed by atoms with E-state index in [1.165, 1.54) is 19.1 Å². The molecule has 0 unspecified atom stereocenters. The Labute approximate surface area is 154 Å². The third-order valence-corrected chi connectivity index (χ3v) is 4.69. The molecule has 7 heteroatoms. The van der Waals surface area contributed by atoms with Crippen molar-refractivity contribution >= 4 is 40.6 Å². The Balaban J connectivity index is 1.60. The van der Waals surface area contributed by atoms with Crippen molar-refractivity contribution in [3.63, 3.8) is 0 Å². The van der Waals surface area contributed by atoms with E-state index in [9.17, 15) is 4.79 Å². The fraction of sp³-hybridized carbons (Fsp3) is 0.294. The molecule has 24 heavy (non-hydrogen) atoms. The normalized spacial score (nSPS) is 14.3. The van der Waals surface area contributed by atoms with Crippen molar-refractivity contribution < 1.29 is 13.9 Å². The number of hydrazone groups is 1. The fourth-order valence-electron chi connectivity index (χ4n) is 2.54. The van der Waals surface area contributed by atoms with Crippen LogP contribution in [0.1, 0.15) is 29.0 Å². The first-order chi connectivity index (χ1) is 11.7. The molecule has 1 saturated heterocycles. The molecule has 1 N–H and O–H groups in total. The van der Waals surface area contributed by atoms with E-state index < -0.39 is 0 Å². The number of ether oxygens (including phenoxy) is 1. The van der Waals surface area contributed by atoms with Crippen LogP contribution < -0.4 is 15.1 Å². The van der Waals surface area contributed by atoms with Gasteiger partial charge in [-0.05, 0) is 59.7 Å². The molecule has 0 saturated carbocycles. The second-order valence-corrected chi connectivity index (χ2v) is 6.58. The molecule has 0 bridgehead atoms. The molecule has 3 rings (SSSR count). The molecule has 2 heterocycles. The Bertz CT molecular complexity index is 751. The van der Waals surface area contributed by atoms with Crippen molar-refractivity contribution in [2.75, 3.05) is 25.1 Å². The summed E-state index contributed by atoms with van der Waals surface area (Å²) >= 11 is 2.15. The van der Waals surface area contributed by atoms with E-state index in [0.717, 1.165) is 22.5 Å². The van der Waals surface area contributed by atoms with E-state index in [1.807, 2.05) is 18.2 Å². The van der Waals surface area contributed by atoms with Crippen molar-refractivity contribution in [1.82, 2.24) is 5.43 Å². The summed E-state index contributed by atoms with van der Waals surface area (Å²) in [5.74, 6) is 1.82. The van der Waals surface area contributed by atoms with E-state index in [1.54, 1.807) is 19.2 Å². The number of methoxy groups -OCH3 is 1. The van der Waals surface area contributed by atoms with Crippen LogP contribution in [0.25, 0.3) is 0 Å². The Morgan fingerprint density at radius 1 is 1.33 bits per heavy atom. The van der Waals surface area contributed by atoms with Crippen molar-refractivity contribution in [2.45, 2.75) is 12.8 Å². The Morgan fingerprint density at radius 3 is 2.88 bits per heavy atom. The molecule has 1 aromatic heterocycles. The van der Waals surface area contributed by atoms with Gasteiger partial charge in [-0.2, -0.15) is 5.10 Å². The Kier molecular flexibility index (Phi) is 5.39. The number of nitrogens with zero attached hydrogens (tertiary/aromatic N) is 2. The molecule has 6 nitrogen and oxygen atoms in total. The van der Waals surface area contributed by atoms with Gasteiger partial charge in [-0.3, -0.25) is 4.79 Å². The first-order valence-corrected chi connectivity index (χ1v) is 8.77. The van der Waals surface area contributed by atoms with Crippen molar-refractivity contribution in [3.8, 4) is 5.75 Å². The van der Waals surface area contributed by atoms with Crippen LogP contribution in [-0.2, 0) is 0 Å². The number of nitrogens with one attached hydrogen (secondary N) is 1. The number of rotatable bonds is 5. The molecule has 0 spiro atoms. The smallest absolute Gasteiger partial charge is 0.271 e. The number of hydrogen-bond donors (Lipinski definition) is 1. The van der Waals surface area contributed by atoms with Crippen LogP contribution >= 0.6 is 22.6 Å². The maximum absolute atomic E-state index is 12.1. The van der Waals surface area contributed by atoms with Crippen LogP contribution in [0.3, 0.4) is 0 Å². The zero-order valence-corrected chi connectivity index (χ0v) is 15.4. The van der Waals surface area contributed by atoms with Crippen LogP contribution in [0.2, 0.25) is 0 Å². The van der Waals surface area contributed by atoms with Crippen LogP contribution in [-0.4, -0.2) is 32.3 Å². The van der Waals surface area contributed by atoms with Crippen LogP contribution in [0, 0.1) is 3.57 Å². The molecule has 0 atom stereocenters. The molecule has 2 aromatic rings. The number of anilines is 1. The van der Waals surface area contributed by atoms with Crippen molar-refractivity contribution in [2.24, 2.45) is 5.10 Å². The van der Waals surface area contributed by atoms with Gasteiger partial charge in [0.15, 0.2) is 5.88 Å². The van der Waals surface area contributed by atoms with E-state index >= 15 is 0 Å². The van der Waals surface area contributed by atoms with Crippen molar-refractivity contribution in [3.05, 3.63) is 45.2 Å². The van der Waals surface area contributed by atoms with Gasteiger partial charge in [0.1, 0.15) is 11.5 Å². The zero-order valence-electron chi connectivity index (χ0n) is 13.3. The lowest BCUT2D eigenvalue weighted by atomic mass is 10.2. The summed E-state index contributed by atoms with van der Waals surface area (Å²) < 4.78 is 11.9. The molecule has 1 fully saturated rings. The molecule has 1 aliphatic heterocycles. The number of amides is 1. The SMILES string of the molecule is COc1cc(C(=O)N/N=C/c2ccc(N3CCCC3)o2)ccc1I. The first-order valence-electron chi connectivity index (χ1n) is 7.69. The predicted molar refractivity (Wildman–Crippen MR) is 101 cm³/mol. The lowest BCUT2D eigenvalue weighted by molar-refractivity contribution is 0.0954. The highest BCUT2D eigenvalue weighted by Crippen LogP contribution is 2.23. The number of carbonyl (C=O) groups is 1. The highest BCUT2D eigenvalue weighted by Gasteiger charge is 2.15. The number of furan rings is 1. The van der Waals surface area contributed by atoms with Gasteiger partial charge in [-0.1, -0.05) is 0 Å². The largest absolute Gasteiger partial charge is 0.496 e. The minimum atomic E-state index is -0.299. The number of halogens is 1. The standard InChI is InChI=1S/C17H18IN3O3/c1-23-15-10-12(4-6-14(15)18)17(22)20-19-11-13-5-7-16(24-13)21-8-2-3-9-21/h4-7,10-11H,2-3,8-9H2,1H3,(H,20,22)/b19-11+. The monoisotopic (exact) mass is 439 g/mol. The quantitative estimate of drug-likeness (QED) is 0.442. The van der Waals surface area contributed by atoms with Gasteiger partial charge in [-0.25, -0.2) is 5.43 Å². The summed E-state index contributed by atoms with van der Waals surface area (Å²) in [6.07, 6.45) is 3.89. The summed E-state index contributed by atoms with van der Waals surface area (Å²) in [6.45, 7) is 2.05. The third kappa shape index (κ3) is 3.89. The van der Waals surface area contributed by atoms with Gasteiger partial charge in [0.05, 0.1) is 16.9 Å². The van der Waals surface area contributed by atoms with Crippen LogP contribution in [0.15, 0.2) is 39.9 Å². The lowest BCUT2D eigenvalue weighted by Crippen LogP contribution is -2.17. The van der Waals surface area contributed by atoms with E-state index in [-0.39, 0.29) is 5.91 Å². The van der Waals surface area contributed by atoms with Gasteiger partial charge < -0.3 is 14.1 Å². The molecule has 126 valence electrons. The predicted octanol–water partition coefficient (Wildman–Crippen LogP) is 3.26. The number of carbonyl (C=O) groups excluding carboxylic acids is 1. The van der Waals surface area contributed by atoms with Gasteiger partial charge in [-0.15, -0.1) is 0 Å². The number of benzene rings is 1. The second-order valence-electron chi connectivity index (χ2n) is 5.42. The van der Waals surface area contributed by atoms with E-state index in [0.29, 0.717) is 17.1 Å². The van der Waals surface area contributed by atoms with Gasteiger partial charge in [0.2, 0.25) is 0 Å². The highest BCUT2D eigenvalue weighted by atomic mass is 127. The Morgan fingerprint density at radius 2 is 2.12 bits per heavy atom. The maximum atomic E-state index is 12.1. The van der Waals surface area contributed by atoms with Crippen molar-refractivity contribution in [1.29, 1.82) is 0 Å². The zero-order chi connectivity index (χ0) is 16.9. The lowest BCUT2D eigenvalue weighted by Gasteiger charge is -2.12. The molecule has 0 radical (unpaired) electrons. The summed E-state index contributed by atoms with van der Waals surface area (Å²) in [7, 11) is 1.58. The molecule has 1 amide bonds. The summed E-state index contributed by atoms with van der Waals surface area (Å²) in [5, 5.41) is 3.96. The molecule has 0 aliphatic carbocycles. The molecular formula is C17H18IN3O3. The first kappa shape index (κ1) is 16.8. The van der Waals surface area contributed by atoms with Crippen LogP contribution in [0.4, 0.5) is 5.88 Å². The minimum absolute atomic E-state index is 0.299. The molecule has 1 aromatic carbocycles.